The van der Waals surface area contributed by atoms with Crippen LogP contribution in [0.1, 0.15) is 25.8 Å². The van der Waals surface area contributed by atoms with E-state index in [9.17, 15) is 20.1 Å². The van der Waals surface area contributed by atoms with Gasteiger partial charge in [0.05, 0.1) is 7.11 Å². The second-order valence-corrected chi connectivity index (χ2v) is 6.76. The Morgan fingerprint density at radius 1 is 1.26 bits per heavy atom. The Morgan fingerprint density at radius 3 is 2.67 bits per heavy atom. The van der Waals surface area contributed by atoms with Crippen molar-refractivity contribution in [3.63, 3.8) is 0 Å². The van der Waals surface area contributed by atoms with Crippen molar-refractivity contribution in [1.82, 2.24) is 0 Å². The molecule has 0 radical (unpaired) electrons. The van der Waals surface area contributed by atoms with Crippen molar-refractivity contribution in [2.75, 3.05) is 7.11 Å². The highest BCUT2D eigenvalue weighted by Crippen LogP contribution is 2.39. The molecule has 142 valence electrons. The smallest absolute Gasteiger partial charge is 0.174 e. The zero-order chi connectivity index (χ0) is 19.7. The molecule has 0 bridgehead atoms. The molecule has 0 amide bonds. The van der Waals surface area contributed by atoms with Gasteiger partial charge in [-0.05, 0) is 44.5 Å². The van der Waals surface area contributed by atoms with Crippen LogP contribution >= 0.6 is 0 Å². The number of phenols is 1. The normalized spacial score (nSPS) is 21.7. The van der Waals surface area contributed by atoms with Crippen LogP contribution in [-0.4, -0.2) is 34.3 Å². The topological polar surface area (TPSA) is 96.2 Å². The molecule has 1 aromatic rings. The van der Waals surface area contributed by atoms with E-state index in [-0.39, 0.29) is 34.6 Å². The predicted molar refractivity (Wildman–Crippen MR) is 100 cm³/mol. The lowest BCUT2D eigenvalue weighted by atomic mass is 9.83. The number of rotatable bonds is 4. The highest BCUT2D eigenvalue weighted by Gasteiger charge is 2.41. The van der Waals surface area contributed by atoms with E-state index in [1.165, 1.54) is 25.3 Å². The van der Waals surface area contributed by atoms with Crippen molar-refractivity contribution in [2.24, 2.45) is 5.92 Å². The molecule has 2 aliphatic rings. The van der Waals surface area contributed by atoms with E-state index < -0.39 is 12.0 Å². The Morgan fingerprint density at radius 2 is 2.00 bits per heavy atom. The highest BCUT2D eigenvalue weighted by molar-refractivity contribution is 6.01. The van der Waals surface area contributed by atoms with Crippen LogP contribution in [0.2, 0.25) is 0 Å². The molecular formula is C21H22O6. The first-order chi connectivity index (χ1) is 12.8. The Bertz CT molecular complexity index is 899. The first kappa shape index (κ1) is 18.6. The molecule has 1 heterocycles. The van der Waals surface area contributed by atoms with Crippen LogP contribution in [0, 0.1) is 5.92 Å². The van der Waals surface area contributed by atoms with Gasteiger partial charge in [0.1, 0.15) is 29.3 Å². The summed E-state index contributed by atoms with van der Waals surface area (Å²) >= 11 is 0. The molecule has 1 aromatic carbocycles. The molecular weight excluding hydrogens is 348 g/mol. The van der Waals surface area contributed by atoms with Crippen LogP contribution in [0.25, 0.3) is 5.76 Å². The van der Waals surface area contributed by atoms with Crippen molar-refractivity contribution in [1.29, 1.82) is 0 Å². The zero-order valence-corrected chi connectivity index (χ0v) is 15.4. The van der Waals surface area contributed by atoms with E-state index in [2.05, 4.69) is 0 Å². The summed E-state index contributed by atoms with van der Waals surface area (Å²) in [4.78, 5) is 12.7. The van der Waals surface area contributed by atoms with E-state index in [4.69, 9.17) is 9.47 Å². The quantitative estimate of drug-likeness (QED) is 0.695. The third-order valence-corrected chi connectivity index (χ3v) is 4.59. The number of hydrogen-bond donors (Lipinski definition) is 3. The number of ether oxygens (including phenoxy) is 2. The average Bonchev–Trinajstić information content (AvgIpc) is 2.60. The number of aromatic hydroxyl groups is 1. The zero-order valence-electron chi connectivity index (χ0n) is 15.4. The number of fused-ring (bicyclic) bond motifs is 1. The maximum Gasteiger partial charge on any atom is 0.174 e. The van der Waals surface area contributed by atoms with Crippen LogP contribution < -0.4 is 4.74 Å². The van der Waals surface area contributed by atoms with Gasteiger partial charge in [0.25, 0.3) is 0 Å². The van der Waals surface area contributed by atoms with Crippen molar-refractivity contribution in [3.8, 4) is 11.5 Å². The lowest BCUT2D eigenvalue weighted by Crippen LogP contribution is -2.36. The SMILES string of the molecule is COc1cc(C2=CC(=O)C3C(O)=C(CC=C(C)C)C(O)=CC3O2)ccc1O. The Hall–Kier alpha value is -3.15. The molecule has 0 aromatic heterocycles. The minimum atomic E-state index is -0.885. The van der Waals surface area contributed by atoms with Crippen LogP contribution in [-0.2, 0) is 9.53 Å². The van der Waals surface area contributed by atoms with Gasteiger partial charge in [0, 0.05) is 17.2 Å². The van der Waals surface area contributed by atoms with Crippen molar-refractivity contribution < 1.29 is 29.6 Å². The molecule has 0 fully saturated rings. The summed E-state index contributed by atoms with van der Waals surface area (Å²) in [7, 11) is 1.43. The first-order valence-electron chi connectivity index (χ1n) is 8.58. The number of benzene rings is 1. The minimum absolute atomic E-state index is 0.0263. The predicted octanol–water partition coefficient (Wildman–Crippen LogP) is 3.95. The van der Waals surface area contributed by atoms with Gasteiger partial charge < -0.3 is 24.8 Å². The molecule has 27 heavy (non-hydrogen) atoms. The number of hydrogen-bond acceptors (Lipinski definition) is 6. The van der Waals surface area contributed by atoms with Crippen molar-refractivity contribution >= 4 is 11.5 Å². The molecule has 0 saturated carbocycles. The summed E-state index contributed by atoms with van der Waals surface area (Å²) in [6.07, 6.45) is 4.15. The summed E-state index contributed by atoms with van der Waals surface area (Å²) in [6, 6.07) is 4.59. The molecule has 3 N–H and O–H groups in total. The largest absolute Gasteiger partial charge is 0.511 e. The number of aliphatic hydroxyl groups is 2. The second kappa shape index (κ2) is 7.23. The molecule has 0 spiro atoms. The summed E-state index contributed by atoms with van der Waals surface area (Å²) < 4.78 is 10.9. The number of ketones is 1. The number of phenolic OH excluding ortho intramolecular Hbond substituents is 1. The Kier molecular flexibility index (Phi) is 4.99. The first-order valence-corrected chi connectivity index (χ1v) is 8.58. The fraction of sp³-hybridized carbons (Fsp3) is 0.286. The van der Waals surface area contributed by atoms with Crippen LogP contribution in [0.5, 0.6) is 11.5 Å². The number of allylic oxidation sites excluding steroid dienone is 4. The van der Waals surface area contributed by atoms with Gasteiger partial charge >= 0.3 is 0 Å². The van der Waals surface area contributed by atoms with Gasteiger partial charge in [-0.1, -0.05) is 11.6 Å². The standard InChI is InChI=1S/C21H22O6/c1-11(2)4-6-13-15(23)9-19-20(21(13)25)16(24)10-17(27-19)12-5-7-14(22)18(8-12)26-3/h4-5,7-10,19-20,22-23,25H,6H2,1-3H3. The second-order valence-electron chi connectivity index (χ2n) is 6.76. The Labute approximate surface area is 157 Å². The van der Waals surface area contributed by atoms with E-state index in [1.54, 1.807) is 12.1 Å². The number of methoxy groups -OCH3 is 1. The van der Waals surface area contributed by atoms with Gasteiger partial charge in [-0.2, -0.15) is 0 Å². The van der Waals surface area contributed by atoms with Gasteiger partial charge in [0.2, 0.25) is 0 Å². The molecule has 1 aliphatic heterocycles. The van der Waals surface area contributed by atoms with E-state index in [1.807, 2.05) is 19.9 Å². The summed E-state index contributed by atoms with van der Waals surface area (Å²) in [5, 5.41) is 30.6. The lowest BCUT2D eigenvalue weighted by molar-refractivity contribution is -0.121. The molecule has 2 atom stereocenters. The molecule has 3 rings (SSSR count). The summed E-state index contributed by atoms with van der Waals surface area (Å²) in [5.41, 5.74) is 1.92. The fourth-order valence-corrected chi connectivity index (χ4v) is 3.12. The maximum absolute atomic E-state index is 12.7. The molecule has 1 aliphatic carbocycles. The highest BCUT2D eigenvalue weighted by atomic mass is 16.5. The molecule has 6 nitrogen and oxygen atoms in total. The number of aliphatic hydroxyl groups excluding tert-OH is 2. The lowest BCUT2D eigenvalue weighted by Gasteiger charge is -2.33. The van der Waals surface area contributed by atoms with Crippen molar-refractivity contribution in [2.45, 2.75) is 26.4 Å². The number of carbonyl (C=O) groups is 1. The number of carbonyl (C=O) groups excluding carboxylic acids is 1. The molecule has 2 unspecified atom stereocenters. The fourth-order valence-electron chi connectivity index (χ4n) is 3.12. The van der Waals surface area contributed by atoms with E-state index in [0.29, 0.717) is 17.6 Å². The van der Waals surface area contributed by atoms with E-state index >= 15 is 0 Å². The van der Waals surface area contributed by atoms with Gasteiger partial charge in [-0.3, -0.25) is 4.79 Å². The minimum Gasteiger partial charge on any atom is -0.511 e. The summed E-state index contributed by atoms with van der Waals surface area (Å²) in [5.74, 6) is -0.954. The van der Waals surface area contributed by atoms with Gasteiger partial charge in [0.15, 0.2) is 17.3 Å². The maximum atomic E-state index is 12.7. The third kappa shape index (κ3) is 3.56. The van der Waals surface area contributed by atoms with Crippen LogP contribution in [0.3, 0.4) is 0 Å². The molecule has 6 heteroatoms. The Balaban J connectivity index is 1.96. The monoisotopic (exact) mass is 370 g/mol. The van der Waals surface area contributed by atoms with E-state index in [0.717, 1.165) is 5.57 Å². The van der Waals surface area contributed by atoms with Gasteiger partial charge in [-0.15, -0.1) is 0 Å². The van der Waals surface area contributed by atoms with Crippen molar-refractivity contribution in [3.05, 3.63) is 64.7 Å². The van der Waals surface area contributed by atoms with Gasteiger partial charge in [-0.25, -0.2) is 0 Å². The molecule has 0 saturated heterocycles. The third-order valence-electron chi connectivity index (χ3n) is 4.59. The van der Waals surface area contributed by atoms with Crippen LogP contribution in [0.4, 0.5) is 0 Å². The average molecular weight is 370 g/mol. The summed E-state index contributed by atoms with van der Waals surface area (Å²) in [6.45, 7) is 3.83. The van der Waals surface area contributed by atoms with Crippen LogP contribution in [0.15, 0.2) is 59.1 Å².